The van der Waals surface area contributed by atoms with Crippen molar-refractivity contribution in [3.8, 4) is 0 Å². The Kier molecular flexibility index (Phi) is 3.36. The van der Waals surface area contributed by atoms with E-state index in [4.69, 9.17) is 5.73 Å². The van der Waals surface area contributed by atoms with Crippen LogP contribution >= 0.6 is 0 Å². The highest BCUT2D eigenvalue weighted by molar-refractivity contribution is 6.04. The molecule has 0 radical (unpaired) electrons. The number of primary amides is 1. The molecular formula is C16H13F2N3O. The summed E-state index contributed by atoms with van der Waals surface area (Å²) in [5, 5.41) is 0. The third-order valence-corrected chi connectivity index (χ3v) is 3.58. The highest BCUT2D eigenvalue weighted by atomic mass is 19.1. The molecule has 0 saturated heterocycles. The van der Waals surface area contributed by atoms with Gasteiger partial charge in [0, 0.05) is 11.6 Å². The number of carbonyl (C=O) groups excluding carboxylic acids is 1. The van der Waals surface area contributed by atoms with E-state index in [9.17, 15) is 13.6 Å². The molecule has 1 aromatic heterocycles. The van der Waals surface area contributed by atoms with Crippen molar-refractivity contribution in [3.63, 3.8) is 0 Å². The molecule has 0 bridgehead atoms. The van der Waals surface area contributed by atoms with Crippen molar-refractivity contribution in [1.82, 2.24) is 9.55 Å². The van der Waals surface area contributed by atoms with Crippen molar-refractivity contribution < 1.29 is 13.6 Å². The number of aromatic nitrogens is 2. The number of carbonyl (C=O) groups is 1. The van der Waals surface area contributed by atoms with Gasteiger partial charge in [-0.25, -0.2) is 13.8 Å². The summed E-state index contributed by atoms with van der Waals surface area (Å²) < 4.78 is 28.6. The van der Waals surface area contributed by atoms with Gasteiger partial charge in [0.25, 0.3) is 5.91 Å². The summed E-state index contributed by atoms with van der Waals surface area (Å²) >= 11 is 0. The van der Waals surface area contributed by atoms with E-state index in [1.165, 1.54) is 12.1 Å². The smallest absolute Gasteiger partial charge is 0.250 e. The molecular weight excluding hydrogens is 288 g/mol. The number of benzene rings is 2. The predicted octanol–water partition coefficient (Wildman–Crippen LogP) is 2.77. The van der Waals surface area contributed by atoms with Crippen LogP contribution in [-0.2, 0) is 6.54 Å². The largest absolute Gasteiger partial charge is 0.366 e. The fourth-order valence-electron chi connectivity index (χ4n) is 2.48. The van der Waals surface area contributed by atoms with E-state index in [-0.39, 0.29) is 6.54 Å². The molecule has 1 amide bonds. The lowest BCUT2D eigenvalue weighted by atomic mass is 10.1. The average Bonchev–Trinajstić information content (AvgIpc) is 2.77. The molecule has 0 atom stereocenters. The van der Waals surface area contributed by atoms with Crippen LogP contribution < -0.4 is 5.73 Å². The number of rotatable bonds is 3. The summed E-state index contributed by atoms with van der Waals surface area (Å²) in [7, 11) is 0. The number of halogens is 2. The lowest BCUT2D eigenvalue weighted by molar-refractivity contribution is 0.100. The molecule has 0 unspecified atom stereocenters. The summed E-state index contributed by atoms with van der Waals surface area (Å²) in [6, 6.07) is 8.53. The molecule has 3 aromatic rings. The first-order chi connectivity index (χ1) is 10.5. The Hall–Kier alpha value is -2.76. The number of aryl methyl sites for hydroxylation is 1. The van der Waals surface area contributed by atoms with Gasteiger partial charge in [-0.2, -0.15) is 0 Å². The highest BCUT2D eigenvalue weighted by Gasteiger charge is 2.15. The van der Waals surface area contributed by atoms with E-state index in [2.05, 4.69) is 4.98 Å². The molecule has 0 aliphatic rings. The van der Waals surface area contributed by atoms with Crippen molar-refractivity contribution in [3.05, 3.63) is 65.0 Å². The molecule has 112 valence electrons. The first-order valence-electron chi connectivity index (χ1n) is 6.67. The fraction of sp³-hybridized carbons (Fsp3) is 0.125. The van der Waals surface area contributed by atoms with Crippen LogP contribution in [0.15, 0.2) is 36.4 Å². The molecule has 4 nitrogen and oxygen atoms in total. The number of amides is 1. The van der Waals surface area contributed by atoms with Gasteiger partial charge in [0.1, 0.15) is 23.0 Å². The van der Waals surface area contributed by atoms with E-state index in [0.717, 1.165) is 6.07 Å². The van der Waals surface area contributed by atoms with Crippen LogP contribution in [0.25, 0.3) is 11.0 Å². The second-order valence-electron chi connectivity index (χ2n) is 5.02. The maximum absolute atomic E-state index is 13.8. The molecule has 2 aromatic carbocycles. The van der Waals surface area contributed by atoms with Gasteiger partial charge in [-0.3, -0.25) is 4.79 Å². The number of hydrogen-bond donors (Lipinski definition) is 1. The van der Waals surface area contributed by atoms with E-state index in [1.54, 1.807) is 29.7 Å². The number of nitrogens with two attached hydrogens (primary N) is 1. The molecule has 0 spiro atoms. The van der Waals surface area contributed by atoms with Gasteiger partial charge >= 0.3 is 0 Å². The molecule has 6 heteroatoms. The Balaban J connectivity index is 2.13. The normalized spacial score (nSPS) is 11.0. The van der Waals surface area contributed by atoms with Gasteiger partial charge in [0.05, 0.1) is 17.6 Å². The third kappa shape index (κ3) is 2.32. The minimum atomic E-state index is -0.621. The predicted molar refractivity (Wildman–Crippen MR) is 78.4 cm³/mol. The third-order valence-electron chi connectivity index (χ3n) is 3.58. The lowest BCUT2D eigenvalue weighted by Gasteiger charge is -2.08. The summed E-state index contributed by atoms with van der Waals surface area (Å²) in [6.45, 7) is 1.95. The van der Waals surface area contributed by atoms with E-state index in [0.29, 0.717) is 28.0 Å². The zero-order valence-electron chi connectivity index (χ0n) is 11.8. The first kappa shape index (κ1) is 14.2. The second kappa shape index (κ2) is 5.22. The summed E-state index contributed by atoms with van der Waals surface area (Å²) in [4.78, 5) is 15.8. The Morgan fingerprint density at radius 2 is 2.05 bits per heavy atom. The van der Waals surface area contributed by atoms with Gasteiger partial charge in [-0.1, -0.05) is 12.1 Å². The van der Waals surface area contributed by atoms with Crippen LogP contribution in [0, 0.1) is 18.6 Å². The van der Waals surface area contributed by atoms with Gasteiger partial charge in [-0.15, -0.1) is 0 Å². The molecule has 1 heterocycles. The summed E-state index contributed by atoms with van der Waals surface area (Å²) in [5.41, 5.74) is 7.16. The van der Waals surface area contributed by atoms with Crippen LogP contribution in [0.1, 0.15) is 21.7 Å². The summed E-state index contributed by atoms with van der Waals surface area (Å²) in [5.74, 6) is -1.19. The van der Waals surface area contributed by atoms with Gasteiger partial charge in [-0.05, 0) is 25.1 Å². The maximum Gasteiger partial charge on any atom is 0.250 e. The van der Waals surface area contributed by atoms with Crippen molar-refractivity contribution in [2.45, 2.75) is 13.5 Å². The van der Waals surface area contributed by atoms with Crippen LogP contribution in [-0.4, -0.2) is 15.5 Å². The fourth-order valence-corrected chi connectivity index (χ4v) is 2.48. The molecule has 22 heavy (non-hydrogen) atoms. The molecule has 0 aliphatic carbocycles. The SMILES string of the molecule is Cc1nc2c(C(N)=O)cccc2n1Cc1ccc(F)cc1F. The van der Waals surface area contributed by atoms with Crippen molar-refractivity contribution in [1.29, 1.82) is 0 Å². The zero-order chi connectivity index (χ0) is 15.9. The van der Waals surface area contributed by atoms with Gasteiger partial charge in [0.15, 0.2) is 0 Å². The molecule has 2 N–H and O–H groups in total. The monoisotopic (exact) mass is 301 g/mol. The molecule has 0 saturated carbocycles. The zero-order valence-corrected chi connectivity index (χ0v) is 11.8. The molecule has 3 rings (SSSR count). The second-order valence-corrected chi connectivity index (χ2v) is 5.02. The highest BCUT2D eigenvalue weighted by Crippen LogP contribution is 2.22. The Labute approximate surface area is 125 Å². The van der Waals surface area contributed by atoms with Crippen LogP contribution in [0.4, 0.5) is 8.78 Å². The van der Waals surface area contributed by atoms with Crippen LogP contribution in [0.3, 0.4) is 0 Å². The maximum atomic E-state index is 13.8. The number of fused-ring (bicyclic) bond motifs is 1. The minimum Gasteiger partial charge on any atom is -0.366 e. The first-order valence-corrected chi connectivity index (χ1v) is 6.67. The number of imidazole rings is 1. The quantitative estimate of drug-likeness (QED) is 0.808. The Morgan fingerprint density at radius 1 is 1.27 bits per heavy atom. The van der Waals surface area contributed by atoms with Crippen molar-refractivity contribution >= 4 is 16.9 Å². The van der Waals surface area contributed by atoms with Crippen LogP contribution in [0.5, 0.6) is 0 Å². The standard InChI is InChI=1S/C16H13F2N3O/c1-9-20-15-12(16(19)22)3-2-4-14(15)21(9)8-10-5-6-11(17)7-13(10)18/h2-7H,8H2,1H3,(H2,19,22). The van der Waals surface area contributed by atoms with Crippen LogP contribution in [0.2, 0.25) is 0 Å². The number of para-hydroxylation sites is 1. The molecule has 0 aliphatic heterocycles. The van der Waals surface area contributed by atoms with Crippen molar-refractivity contribution in [2.75, 3.05) is 0 Å². The van der Waals surface area contributed by atoms with E-state index < -0.39 is 17.5 Å². The van der Waals surface area contributed by atoms with Crippen molar-refractivity contribution in [2.24, 2.45) is 5.73 Å². The molecule has 0 fully saturated rings. The van der Waals surface area contributed by atoms with E-state index >= 15 is 0 Å². The summed E-state index contributed by atoms with van der Waals surface area (Å²) in [6.07, 6.45) is 0. The lowest BCUT2D eigenvalue weighted by Crippen LogP contribution is -2.11. The van der Waals surface area contributed by atoms with Gasteiger partial charge < -0.3 is 10.3 Å². The minimum absolute atomic E-state index is 0.191. The topological polar surface area (TPSA) is 60.9 Å². The Morgan fingerprint density at radius 3 is 2.73 bits per heavy atom. The van der Waals surface area contributed by atoms with Gasteiger partial charge in [0.2, 0.25) is 0 Å². The number of hydrogen-bond acceptors (Lipinski definition) is 2. The Bertz CT molecular complexity index is 886. The average molecular weight is 301 g/mol. The number of nitrogens with zero attached hydrogens (tertiary/aromatic N) is 2. The van der Waals surface area contributed by atoms with E-state index in [1.807, 2.05) is 0 Å².